The highest BCUT2D eigenvalue weighted by molar-refractivity contribution is 5.79. The average molecular weight is 267 g/mol. The second kappa shape index (κ2) is 5.47. The fourth-order valence-electron chi connectivity index (χ4n) is 2.59. The number of carboxylic acids is 1. The Labute approximate surface area is 105 Å². The van der Waals surface area contributed by atoms with Gasteiger partial charge in [0.1, 0.15) is 5.54 Å². The molecule has 2 unspecified atom stereocenters. The molecule has 0 radical (unpaired) electrons. The predicted octanol–water partition coefficient (Wildman–Crippen LogP) is 2.81. The molecule has 0 heterocycles. The van der Waals surface area contributed by atoms with Gasteiger partial charge in [0, 0.05) is 0 Å². The smallest absolute Gasteiger partial charge is 0.401 e. The second-order valence-electron chi connectivity index (χ2n) is 5.46. The van der Waals surface area contributed by atoms with Crippen molar-refractivity contribution in [3.8, 4) is 0 Å². The number of hydrogen-bond acceptors (Lipinski definition) is 2. The third kappa shape index (κ3) is 3.86. The highest BCUT2D eigenvalue weighted by Gasteiger charge is 2.45. The van der Waals surface area contributed by atoms with E-state index >= 15 is 0 Å². The molecule has 0 aromatic rings. The van der Waals surface area contributed by atoms with Gasteiger partial charge in [0.2, 0.25) is 0 Å². The molecule has 1 aliphatic carbocycles. The van der Waals surface area contributed by atoms with Crippen molar-refractivity contribution in [3.05, 3.63) is 0 Å². The molecule has 0 saturated heterocycles. The normalized spacial score (nSPS) is 29.6. The van der Waals surface area contributed by atoms with Crippen molar-refractivity contribution in [3.63, 3.8) is 0 Å². The maximum absolute atomic E-state index is 12.2. The minimum absolute atomic E-state index is 0.163. The molecule has 0 amide bonds. The molecule has 1 saturated carbocycles. The van der Waals surface area contributed by atoms with Crippen LogP contribution in [0.25, 0.3) is 0 Å². The SMILES string of the molecule is CC(C)C1CCCC(NCC(F)(F)F)(C(=O)O)C1. The Bertz CT molecular complexity index is 304. The zero-order valence-electron chi connectivity index (χ0n) is 10.7. The van der Waals surface area contributed by atoms with Crippen LogP contribution in [0.5, 0.6) is 0 Å². The summed E-state index contributed by atoms with van der Waals surface area (Å²) in [5, 5.41) is 11.5. The van der Waals surface area contributed by atoms with E-state index in [9.17, 15) is 23.1 Å². The third-order valence-electron chi connectivity index (χ3n) is 3.77. The van der Waals surface area contributed by atoms with E-state index in [1.165, 1.54) is 0 Å². The van der Waals surface area contributed by atoms with E-state index in [1.807, 2.05) is 13.8 Å². The van der Waals surface area contributed by atoms with Crippen molar-refractivity contribution in [1.29, 1.82) is 0 Å². The number of nitrogens with one attached hydrogen (secondary N) is 1. The number of aliphatic carboxylic acids is 1. The van der Waals surface area contributed by atoms with Gasteiger partial charge in [-0.15, -0.1) is 0 Å². The summed E-state index contributed by atoms with van der Waals surface area (Å²) in [5.41, 5.74) is -1.41. The first-order valence-corrected chi connectivity index (χ1v) is 6.21. The van der Waals surface area contributed by atoms with Gasteiger partial charge in [0.05, 0.1) is 6.54 Å². The van der Waals surface area contributed by atoms with Crippen molar-refractivity contribution in [2.75, 3.05) is 6.54 Å². The van der Waals surface area contributed by atoms with Crippen LogP contribution in [-0.2, 0) is 4.79 Å². The van der Waals surface area contributed by atoms with Gasteiger partial charge >= 0.3 is 12.1 Å². The fraction of sp³-hybridized carbons (Fsp3) is 0.917. The molecule has 0 aromatic carbocycles. The van der Waals surface area contributed by atoms with Gasteiger partial charge < -0.3 is 5.11 Å². The van der Waals surface area contributed by atoms with Crippen LogP contribution in [0.2, 0.25) is 0 Å². The van der Waals surface area contributed by atoms with Crippen LogP contribution in [0.15, 0.2) is 0 Å². The summed E-state index contributed by atoms with van der Waals surface area (Å²) in [6.45, 7) is 2.71. The summed E-state index contributed by atoms with van der Waals surface area (Å²) in [6.07, 6.45) is -2.30. The van der Waals surface area contributed by atoms with Gasteiger partial charge in [-0.1, -0.05) is 26.7 Å². The summed E-state index contributed by atoms with van der Waals surface area (Å²) in [4.78, 5) is 11.3. The molecule has 2 N–H and O–H groups in total. The van der Waals surface area contributed by atoms with Crippen LogP contribution in [0, 0.1) is 11.8 Å². The van der Waals surface area contributed by atoms with Crippen molar-refractivity contribution in [2.24, 2.45) is 11.8 Å². The minimum atomic E-state index is -4.38. The Kier molecular flexibility index (Phi) is 4.64. The summed E-state index contributed by atoms with van der Waals surface area (Å²) >= 11 is 0. The zero-order valence-corrected chi connectivity index (χ0v) is 10.7. The first-order chi connectivity index (χ1) is 8.16. The third-order valence-corrected chi connectivity index (χ3v) is 3.77. The van der Waals surface area contributed by atoms with Crippen LogP contribution in [0.4, 0.5) is 13.2 Å². The Morgan fingerprint density at radius 2 is 2.11 bits per heavy atom. The number of halogens is 3. The average Bonchev–Trinajstić information content (AvgIpc) is 2.25. The van der Waals surface area contributed by atoms with E-state index in [4.69, 9.17) is 0 Å². The van der Waals surface area contributed by atoms with Gasteiger partial charge in [-0.2, -0.15) is 13.2 Å². The quantitative estimate of drug-likeness (QED) is 0.823. The van der Waals surface area contributed by atoms with Crippen LogP contribution < -0.4 is 5.32 Å². The monoisotopic (exact) mass is 267 g/mol. The lowest BCUT2D eigenvalue weighted by Gasteiger charge is -2.40. The van der Waals surface area contributed by atoms with Gasteiger partial charge in [-0.3, -0.25) is 10.1 Å². The van der Waals surface area contributed by atoms with Gasteiger partial charge in [-0.05, 0) is 24.7 Å². The lowest BCUT2D eigenvalue weighted by Crippen LogP contribution is -2.57. The summed E-state index contributed by atoms with van der Waals surface area (Å²) in [5.74, 6) is -0.718. The fourth-order valence-corrected chi connectivity index (χ4v) is 2.59. The van der Waals surface area contributed by atoms with E-state index in [0.717, 1.165) is 6.42 Å². The van der Waals surface area contributed by atoms with Gasteiger partial charge in [0.15, 0.2) is 0 Å². The number of hydrogen-bond donors (Lipinski definition) is 2. The molecule has 3 nitrogen and oxygen atoms in total. The minimum Gasteiger partial charge on any atom is -0.480 e. The molecular formula is C12H20F3NO2. The second-order valence-corrected chi connectivity index (χ2v) is 5.46. The number of carboxylic acid groups (broad SMARTS) is 1. The Balaban J connectivity index is 2.77. The molecule has 1 fully saturated rings. The van der Waals surface area contributed by atoms with Crippen LogP contribution in [0.1, 0.15) is 39.5 Å². The molecule has 6 heteroatoms. The van der Waals surface area contributed by atoms with Crippen LogP contribution in [0.3, 0.4) is 0 Å². The number of carbonyl (C=O) groups is 1. The summed E-state index contributed by atoms with van der Waals surface area (Å²) in [7, 11) is 0. The molecule has 1 rings (SSSR count). The molecule has 18 heavy (non-hydrogen) atoms. The molecule has 1 aliphatic rings. The first-order valence-electron chi connectivity index (χ1n) is 6.21. The highest BCUT2D eigenvalue weighted by atomic mass is 19.4. The molecule has 0 spiro atoms. The van der Waals surface area contributed by atoms with Crippen molar-refractivity contribution in [2.45, 2.75) is 51.2 Å². The number of alkyl halides is 3. The van der Waals surface area contributed by atoms with Crippen LogP contribution >= 0.6 is 0 Å². The van der Waals surface area contributed by atoms with Gasteiger partial charge in [-0.25, -0.2) is 0 Å². The maximum atomic E-state index is 12.2. The molecule has 106 valence electrons. The van der Waals surface area contributed by atoms with Crippen molar-refractivity contribution < 1.29 is 23.1 Å². The van der Waals surface area contributed by atoms with E-state index < -0.39 is 24.2 Å². The molecule has 0 bridgehead atoms. The largest absolute Gasteiger partial charge is 0.480 e. The molecule has 0 aliphatic heterocycles. The lowest BCUT2D eigenvalue weighted by atomic mass is 9.71. The number of rotatable bonds is 4. The van der Waals surface area contributed by atoms with E-state index in [1.54, 1.807) is 0 Å². The van der Waals surface area contributed by atoms with E-state index in [-0.39, 0.29) is 24.7 Å². The van der Waals surface area contributed by atoms with Crippen molar-refractivity contribution >= 4 is 5.97 Å². The maximum Gasteiger partial charge on any atom is 0.401 e. The standard InChI is InChI=1S/C12H20F3NO2/c1-8(2)9-4-3-5-11(6-9,10(17)18)16-7-12(13,14)15/h8-9,16H,3-7H2,1-2H3,(H,17,18). The summed E-state index contributed by atoms with van der Waals surface area (Å²) < 4.78 is 36.7. The zero-order chi connectivity index (χ0) is 14.0. The Hall–Kier alpha value is -0.780. The highest BCUT2D eigenvalue weighted by Crippen LogP contribution is 2.37. The molecule has 2 atom stereocenters. The first kappa shape index (κ1) is 15.3. The lowest BCUT2D eigenvalue weighted by molar-refractivity contribution is -0.153. The topological polar surface area (TPSA) is 49.3 Å². The predicted molar refractivity (Wildman–Crippen MR) is 61.2 cm³/mol. The molecular weight excluding hydrogens is 247 g/mol. The Morgan fingerprint density at radius 1 is 1.50 bits per heavy atom. The molecule has 0 aromatic heterocycles. The Morgan fingerprint density at radius 3 is 2.56 bits per heavy atom. The summed E-state index contributed by atoms with van der Waals surface area (Å²) in [6, 6.07) is 0. The van der Waals surface area contributed by atoms with Crippen LogP contribution in [-0.4, -0.2) is 29.3 Å². The van der Waals surface area contributed by atoms with Gasteiger partial charge in [0.25, 0.3) is 0 Å². The van der Waals surface area contributed by atoms with Crippen molar-refractivity contribution in [1.82, 2.24) is 5.32 Å². The van der Waals surface area contributed by atoms with E-state index in [0.29, 0.717) is 6.42 Å². The van der Waals surface area contributed by atoms with E-state index in [2.05, 4.69) is 5.32 Å².